The van der Waals surface area contributed by atoms with Gasteiger partial charge in [-0.1, -0.05) is 6.42 Å². The summed E-state index contributed by atoms with van der Waals surface area (Å²) >= 11 is 0. The lowest BCUT2D eigenvalue weighted by Crippen LogP contribution is -2.50. The molecule has 0 spiro atoms. The summed E-state index contributed by atoms with van der Waals surface area (Å²) in [6.07, 6.45) is 4.40. The maximum absolute atomic E-state index is 11.9. The lowest BCUT2D eigenvalue weighted by Gasteiger charge is -2.38. The fourth-order valence-corrected chi connectivity index (χ4v) is 3.48. The van der Waals surface area contributed by atoms with Crippen molar-refractivity contribution in [3.63, 3.8) is 0 Å². The van der Waals surface area contributed by atoms with Gasteiger partial charge in [0, 0.05) is 18.2 Å². The van der Waals surface area contributed by atoms with Gasteiger partial charge in [0.05, 0.1) is 18.8 Å². The minimum absolute atomic E-state index is 0.0303. The number of carbonyl (C=O) groups is 1. The molecule has 5 heteroatoms. The minimum atomic E-state index is -0.0368. The standard InChI is InChI=1S/C15H23N3O2/c1-11-9-12(2)18(16-11)10-13-5-3-4-7-17(13)14-6-8-20-15(14)19/h9,13-14H,3-8,10H2,1-2H3/t13-,14-/m1/s1. The lowest BCUT2D eigenvalue weighted by atomic mass is 9.99. The summed E-state index contributed by atoms with van der Waals surface area (Å²) in [7, 11) is 0. The molecule has 2 aliphatic heterocycles. The van der Waals surface area contributed by atoms with Crippen LogP contribution in [0, 0.1) is 13.8 Å². The van der Waals surface area contributed by atoms with Gasteiger partial charge in [-0.25, -0.2) is 0 Å². The summed E-state index contributed by atoms with van der Waals surface area (Å²) in [4.78, 5) is 14.2. The van der Waals surface area contributed by atoms with E-state index >= 15 is 0 Å². The number of esters is 1. The average molecular weight is 277 g/mol. The van der Waals surface area contributed by atoms with Crippen LogP contribution in [0.2, 0.25) is 0 Å². The zero-order chi connectivity index (χ0) is 14.1. The first-order chi connectivity index (χ1) is 9.65. The van der Waals surface area contributed by atoms with Crippen LogP contribution in [0.5, 0.6) is 0 Å². The van der Waals surface area contributed by atoms with Gasteiger partial charge in [-0.2, -0.15) is 5.10 Å². The first-order valence-corrected chi connectivity index (χ1v) is 7.58. The second-order valence-electron chi connectivity index (χ2n) is 5.97. The Bertz CT molecular complexity index is 497. The number of aromatic nitrogens is 2. The predicted octanol–water partition coefficient (Wildman–Crippen LogP) is 1.67. The Hall–Kier alpha value is -1.36. The maximum Gasteiger partial charge on any atom is 0.323 e. The molecule has 0 N–H and O–H groups in total. The third-order valence-electron chi connectivity index (χ3n) is 4.47. The Morgan fingerprint density at radius 3 is 2.85 bits per heavy atom. The van der Waals surface area contributed by atoms with Crippen LogP contribution < -0.4 is 0 Å². The number of hydrogen-bond acceptors (Lipinski definition) is 4. The SMILES string of the molecule is Cc1cc(C)n(C[C@H]2CCCCN2[C@@H]2CCOC2=O)n1. The normalized spacial score (nSPS) is 27.8. The molecule has 0 aliphatic carbocycles. The minimum Gasteiger partial charge on any atom is -0.464 e. The molecule has 0 aromatic carbocycles. The van der Waals surface area contributed by atoms with Gasteiger partial charge in [-0.3, -0.25) is 14.4 Å². The largest absolute Gasteiger partial charge is 0.464 e. The molecule has 0 bridgehead atoms. The van der Waals surface area contributed by atoms with Crippen molar-refractivity contribution >= 4 is 5.97 Å². The monoisotopic (exact) mass is 277 g/mol. The second-order valence-corrected chi connectivity index (χ2v) is 5.97. The average Bonchev–Trinajstić information content (AvgIpc) is 2.97. The number of aryl methyl sites for hydroxylation is 2. The van der Waals surface area contributed by atoms with Gasteiger partial charge in [0.25, 0.3) is 0 Å². The number of likely N-dealkylation sites (tertiary alicyclic amines) is 1. The molecule has 3 rings (SSSR count). The van der Waals surface area contributed by atoms with Crippen molar-refractivity contribution < 1.29 is 9.53 Å². The van der Waals surface area contributed by atoms with Gasteiger partial charge in [0.2, 0.25) is 0 Å². The van der Waals surface area contributed by atoms with Crippen LogP contribution >= 0.6 is 0 Å². The predicted molar refractivity (Wildman–Crippen MR) is 75.4 cm³/mol. The van der Waals surface area contributed by atoms with Gasteiger partial charge >= 0.3 is 5.97 Å². The van der Waals surface area contributed by atoms with E-state index in [4.69, 9.17) is 4.74 Å². The number of nitrogens with zero attached hydrogens (tertiary/aromatic N) is 3. The van der Waals surface area contributed by atoms with Crippen LogP contribution in [-0.4, -0.2) is 45.9 Å². The van der Waals surface area contributed by atoms with E-state index in [1.807, 2.05) is 6.92 Å². The van der Waals surface area contributed by atoms with Crippen LogP contribution in [0.1, 0.15) is 37.1 Å². The Morgan fingerprint density at radius 1 is 1.35 bits per heavy atom. The second kappa shape index (κ2) is 5.56. The zero-order valence-corrected chi connectivity index (χ0v) is 12.3. The number of ether oxygens (including phenoxy) is 1. The summed E-state index contributed by atoms with van der Waals surface area (Å²) in [5.74, 6) is -0.0368. The van der Waals surface area contributed by atoms with E-state index in [0.717, 1.165) is 31.6 Å². The molecule has 2 aliphatic rings. The molecule has 0 unspecified atom stereocenters. The van der Waals surface area contributed by atoms with Gasteiger partial charge in [-0.05, 0) is 39.3 Å². The van der Waals surface area contributed by atoms with E-state index in [2.05, 4.69) is 27.7 Å². The highest BCUT2D eigenvalue weighted by atomic mass is 16.5. The van der Waals surface area contributed by atoms with E-state index in [-0.39, 0.29) is 12.0 Å². The van der Waals surface area contributed by atoms with Gasteiger partial charge in [-0.15, -0.1) is 0 Å². The smallest absolute Gasteiger partial charge is 0.323 e. The third-order valence-corrected chi connectivity index (χ3v) is 4.47. The van der Waals surface area contributed by atoms with Crippen LogP contribution in [0.15, 0.2) is 6.07 Å². The van der Waals surface area contributed by atoms with E-state index in [1.54, 1.807) is 0 Å². The summed E-state index contributed by atoms with van der Waals surface area (Å²) in [5, 5.41) is 4.56. The van der Waals surface area contributed by atoms with E-state index in [0.29, 0.717) is 12.6 Å². The first-order valence-electron chi connectivity index (χ1n) is 7.58. The molecule has 2 atom stereocenters. The Labute approximate surface area is 119 Å². The maximum atomic E-state index is 11.9. The Kier molecular flexibility index (Phi) is 3.78. The third kappa shape index (κ3) is 2.59. The van der Waals surface area contributed by atoms with E-state index in [1.165, 1.54) is 18.5 Å². The zero-order valence-electron chi connectivity index (χ0n) is 12.3. The van der Waals surface area contributed by atoms with Crippen molar-refractivity contribution in [2.24, 2.45) is 0 Å². The van der Waals surface area contributed by atoms with Gasteiger partial charge in [0.1, 0.15) is 6.04 Å². The van der Waals surface area contributed by atoms with Crippen molar-refractivity contribution in [3.05, 3.63) is 17.5 Å². The molecule has 0 radical (unpaired) electrons. The Balaban J connectivity index is 1.75. The van der Waals surface area contributed by atoms with Crippen molar-refractivity contribution in [2.75, 3.05) is 13.2 Å². The number of hydrogen-bond donors (Lipinski definition) is 0. The molecule has 1 aromatic heterocycles. The highest BCUT2D eigenvalue weighted by Crippen LogP contribution is 2.25. The van der Waals surface area contributed by atoms with Gasteiger partial charge in [0.15, 0.2) is 0 Å². The number of rotatable bonds is 3. The van der Waals surface area contributed by atoms with Crippen molar-refractivity contribution in [2.45, 2.75) is 58.2 Å². The Morgan fingerprint density at radius 2 is 2.20 bits per heavy atom. The molecular weight excluding hydrogens is 254 g/mol. The lowest BCUT2D eigenvalue weighted by molar-refractivity contribution is -0.143. The molecule has 20 heavy (non-hydrogen) atoms. The van der Waals surface area contributed by atoms with Crippen LogP contribution in [-0.2, 0) is 16.1 Å². The molecule has 110 valence electrons. The molecule has 0 amide bonds. The summed E-state index contributed by atoms with van der Waals surface area (Å²) in [5.41, 5.74) is 2.26. The molecular formula is C15H23N3O2. The summed E-state index contributed by atoms with van der Waals surface area (Å²) < 4.78 is 7.22. The molecule has 2 saturated heterocycles. The molecule has 2 fully saturated rings. The topological polar surface area (TPSA) is 47.4 Å². The highest BCUT2D eigenvalue weighted by Gasteiger charge is 2.37. The number of piperidine rings is 1. The van der Waals surface area contributed by atoms with Crippen molar-refractivity contribution in [1.82, 2.24) is 14.7 Å². The number of cyclic esters (lactones) is 1. The van der Waals surface area contributed by atoms with Crippen LogP contribution in [0.4, 0.5) is 0 Å². The fraction of sp³-hybridized carbons (Fsp3) is 0.733. The number of carbonyl (C=O) groups excluding carboxylic acids is 1. The molecule has 0 saturated carbocycles. The molecule has 5 nitrogen and oxygen atoms in total. The molecule has 1 aromatic rings. The van der Waals surface area contributed by atoms with Crippen molar-refractivity contribution in [1.29, 1.82) is 0 Å². The van der Waals surface area contributed by atoms with Crippen LogP contribution in [0.25, 0.3) is 0 Å². The summed E-state index contributed by atoms with van der Waals surface area (Å²) in [6, 6.07) is 2.48. The van der Waals surface area contributed by atoms with Gasteiger partial charge < -0.3 is 4.74 Å². The quantitative estimate of drug-likeness (QED) is 0.789. The fourth-order valence-electron chi connectivity index (χ4n) is 3.48. The summed E-state index contributed by atoms with van der Waals surface area (Å²) in [6.45, 7) is 6.58. The molecule has 3 heterocycles. The van der Waals surface area contributed by atoms with E-state index in [9.17, 15) is 4.79 Å². The van der Waals surface area contributed by atoms with Crippen molar-refractivity contribution in [3.8, 4) is 0 Å². The van der Waals surface area contributed by atoms with E-state index < -0.39 is 0 Å². The van der Waals surface area contributed by atoms with Crippen LogP contribution in [0.3, 0.4) is 0 Å². The first kappa shape index (κ1) is 13.6. The highest BCUT2D eigenvalue weighted by molar-refractivity contribution is 5.77.